The minimum Gasteiger partial charge on any atom is -0.497 e. The van der Waals surface area contributed by atoms with Gasteiger partial charge in [-0.05, 0) is 30.7 Å². The highest BCUT2D eigenvalue weighted by Crippen LogP contribution is 2.24. The van der Waals surface area contributed by atoms with Crippen molar-refractivity contribution in [3.05, 3.63) is 53.1 Å². The van der Waals surface area contributed by atoms with Crippen LogP contribution in [0.15, 0.2) is 41.4 Å². The average Bonchev–Trinajstić information content (AvgIpc) is 2.75. The Hall–Kier alpha value is -2.20. The Kier molecular flexibility index (Phi) is 12.0. The number of aliphatic imine (C=N–C) groups is 1. The summed E-state index contributed by atoms with van der Waals surface area (Å²) >= 11 is 0. The van der Waals surface area contributed by atoms with Gasteiger partial charge < -0.3 is 29.6 Å². The normalized spacial score (nSPS) is 10.8. The fourth-order valence-corrected chi connectivity index (χ4v) is 2.75. The van der Waals surface area contributed by atoms with Crippen LogP contribution in [0.25, 0.3) is 0 Å². The highest BCUT2D eigenvalue weighted by atomic mass is 127. The van der Waals surface area contributed by atoms with Gasteiger partial charge in [-0.15, -0.1) is 24.0 Å². The van der Waals surface area contributed by atoms with Crippen LogP contribution in [0.5, 0.6) is 17.2 Å². The standard InChI is InChI=1S/C22H31N3O4.HI/c1-16-6-7-18(21(12-16)29-11-10-26-3)15-25-22(23-2)24-14-17-8-9-19(27-4)13-20(17)28-5;/h6-9,12-13H,10-11,14-15H2,1-5H3,(H2,23,24,25);1H. The number of hydrogen-bond acceptors (Lipinski definition) is 5. The first-order valence-electron chi connectivity index (χ1n) is 9.48. The van der Waals surface area contributed by atoms with E-state index < -0.39 is 0 Å². The van der Waals surface area contributed by atoms with Gasteiger partial charge in [0.1, 0.15) is 23.9 Å². The van der Waals surface area contributed by atoms with Gasteiger partial charge in [0.25, 0.3) is 0 Å². The van der Waals surface area contributed by atoms with Crippen molar-refractivity contribution >= 4 is 29.9 Å². The predicted molar refractivity (Wildman–Crippen MR) is 131 cm³/mol. The molecule has 2 N–H and O–H groups in total. The van der Waals surface area contributed by atoms with Gasteiger partial charge in [-0.3, -0.25) is 4.99 Å². The number of nitrogens with one attached hydrogen (secondary N) is 2. The summed E-state index contributed by atoms with van der Waals surface area (Å²) in [5, 5.41) is 6.64. The highest BCUT2D eigenvalue weighted by molar-refractivity contribution is 14.0. The molecule has 0 saturated carbocycles. The fraction of sp³-hybridized carbons (Fsp3) is 0.409. The monoisotopic (exact) mass is 529 g/mol. The minimum atomic E-state index is 0. The molecule has 2 aromatic carbocycles. The van der Waals surface area contributed by atoms with Gasteiger partial charge >= 0.3 is 0 Å². The molecule has 2 rings (SSSR count). The third-order valence-corrected chi connectivity index (χ3v) is 4.38. The van der Waals surface area contributed by atoms with Crippen molar-refractivity contribution in [2.45, 2.75) is 20.0 Å². The van der Waals surface area contributed by atoms with Crippen LogP contribution in [-0.4, -0.2) is 47.6 Å². The number of benzene rings is 2. The largest absolute Gasteiger partial charge is 0.497 e. The summed E-state index contributed by atoms with van der Waals surface area (Å²) in [5.41, 5.74) is 3.21. The first-order chi connectivity index (χ1) is 14.1. The molecule has 8 heteroatoms. The molecule has 2 aromatic rings. The zero-order valence-corrected chi connectivity index (χ0v) is 20.6. The Morgan fingerprint density at radius 1 is 0.867 bits per heavy atom. The molecule has 0 radical (unpaired) electrons. The molecule has 0 heterocycles. The molecular formula is C22H32IN3O4. The number of nitrogens with zero attached hydrogens (tertiary/aromatic N) is 1. The average molecular weight is 529 g/mol. The SMILES string of the molecule is CN=C(NCc1ccc(OC)cc1OC)NCc1ccc(C)cc1OCCOC.I. The lowest BCUT2D eigenvalue weighted by atomic mass is 10.1. The maximum Gasteiger partial charge on any atom is 0.191 e. The summed E-state index contributed by atoms with van der Waals surface area (Å²) in [7, 11) is 6.69. The van der Waals surface area contributed by atoms with E-state index >= 15 is 0 Å². The maximum atomic E-state index is 5.85. The van der Waals surface area contributed by atoms with Gasteiger partial charge in [-0.1, -0.05) is 12.1 Å². The first-order valence-corrected chi connectivity index (χ1v) is 9.48. The molecule has 0 spiro atoms. The van der Waals surface area contributed by atoms with Crippen molar-refractivity contribution in [2.75, 3.05) is 41.6 Å². The third kappa shape index (κ3) is 7.91. The van der Waals surface area contributed by atoms with Crippen molar-refractivity contribution in [3.8, 4) is 17.2 Å². The summed E-state index contributed by atoms with van der Waals surface area (Å²) in [5.74, 6) is 3.06. The van der Waals surface area contributed by atoms with E-state index in [1.807, 2.05) is 31.2 Å². The summed E-state index contributed by atoms with van der Waals surface area (Å²) in [4.78, 5) is 4.30. The molecule has 0 bridgehead atoms. The van der Waals surface area contributed by atoms with Crippen molar-refractivity contribution in [2.24, 2.45) is 4.99 Å². The van der Waals surface area contributed by atoms with Gasteiger partial charge in [0, 0.05) is 44.4 Å². The molecular weight excluding hydrogens is 497 g/mol. The molecule has 0 aliphatic heterocycles. The lowest BCUT2D eigenvalue weighted by molar-refractivity contribution is 0.145. The van der Waals surface area contributed by atoms with E-state index in [0.717, 1.165) is 33.9 Å². The molecule has 0 fully saturated rings. The zero-order chi connectivity index (χ0) is 21.1. The fourth-order valence-electron chi connectivity index (χ4n) is 2.75. The summed E-state index contributed by atoms with van der Waals surface area (Å²) in [6, 6.07) is 11.9. The van der Waals surface area contributed by atoms with Crippen molar-refractivity contribution in [1.82, 2.24) is 10.6 Å². The first kappa shape index (κ1) is 25.8. The van der Waals surface area contributed by atoms with Crippen LogP contribution in [0.2, 0.25) is 0 Å². The summed E-state index contributed by atoms with van der Waals surface area (Å²) in [6.45, 7) is 4.26. The Bertz CT molecular complexity index is 815. The summed E-state index contributed by atoms with van der Waals surface area (Å²) in [6.07, 6.45) is 0. The van der Waals surface area contributed by atoms with Gasteiger partial charge in [-0.25, -0.2) is 0 Å². The van der Waals surface area contributed by atoms with Crippen LogP contribution < -0.4 is 24.8 Å². The van der Waals surface area contributed by atoms with E-state index in [1.54, 1.807) is 28.4 Å². The van der Waals surface area contributed by atoms with Gasteiger partial charge in [0.2, 0.25) is 0 Å². The molecule has 0 saturated heterocycles. The van der Waals surface area contributed by atoms with Crippen LogP contribution in [0.3, 0.4) is 0 Å². The number of rotatable bonds is 10. The smallest absolute Gasteiger partial charge is 0.191 e. The lowest BCUT2D eigenvalue weighted by Crippen LogP contribution is -2.36. The molecule has 166 valence electrons. The molecule has 7 nitrogen and oxygen atoms in total. The lowest BCUT2D eigenvalue weighted by Gasteiger charge is -2.16. The van der Waals surface area contributed by atoms with Gasteiger partial charge in [-0.2, -0.15) is 0 Å². The second-order valence-corrected chi connectivity index (χ2v) is 6.41. The molecule has 0 aliphatic rings. The Morgan fingerprint density at radius 3 is 2.13 bits per heavy atom. The van der Waals surface area contributed by atoms with Crippen LogP contribution in [0, 0.1) is 6.92 Å². The maximum absolute atomic E-state index is 5.85. The number of ether oxygens (including phenoxy) is 4. The van der Waals surface area contributed by atoms with E-state index in [1.165, 1.54) is 0 Å². The molecule has 0 aliphatic carbocycles. The minimum absolute atomic E-state index is 0. The zero-order valence-electron chi connectivity index (χ0n) is 18.3. The number of halogens is 1. The quantitative estimate of drug-likeness (QED) is 0.213. The van der Waals surface area contributed by atoms with Crippen LogP contribution in [0.4, 0.5) is 0 Å². The molecule has 0 aromatic heterocycles. The molecule has 0 amide bonds. The Morgan fingerprint density at radius 2 is 1.53 bits per heavy atom. The number of hydrogen-bond donors (Lipinski definition) is 2. The van der Waals surface area contributed by atoms with E-state index in [4.69, 9.17) is 18.9 Å². The van der Waals surface area contributed by atoms with Gasteiger partial charge in [0.15, 0.2) is 5.96 Å². The van der Waals surface area contributed by atoms with Gasteiger partial charge in [0.05, 0.1) is 20.8 Å². The third-order valence-electron chi connectivity index (χ3n) is 4.38. The number of methoxy groups -OCH3 is 3. The van der Waals surface area contributed by atoms with Crippen LogP contribution >= 0.6 is 24.0 Å². The van der Waals surface area contributed by atoms with E-state index in [-0.39, 0.29) is 24.0 Å². The van der Waals surface area contributed by atoms with E-state index in [0.29, 0.717) is 32.3 Å². The van der Waals surface area contributed by atoms with Crippen molar-refractivity contribution in [3.63, 3.8) is 0 Å². The van der Waals surface area contributed by atoms with Crippen LogP contribution in [-0.2, 0) is 17.8 Å². The van der Waals surface area contributed by atoms with Crippen molar-refractivity contribution in [1.29, 1.82) is 0 Å². The van der Waals surface area contributed by atoms with E-state index in [2.05, 4.69) is 27.8 Å². The predicted octanol–water partition coefficient (Wildman–Crippen LogP) is 3.52. The number of guanidine groups is 1. The Balaban J connectivity index is 0.00000450. The van der Waals surface area contributed by atoms with Crippen LogP contribution in [0.1, 0.15) is 16.7 Å². The van der Waals surface area contributed by atoms with E-state index in [9.17, 15) is 0 Å². The Labute approximate surface area is 196 Å². The molecule has 30 heavy (non-hydrogen) atoms. The second-order valence-electron chi connectivity index (χ2n) is 6.41. The number of aryl methyl sites for hydroxylation is 1. The topological polar surface area (TPSA) is 73.3 Å². The molecule has 0 atom stereocenters. The molecule has 0 unspecified atom stereocenters. The highest BCUT2D eigenvalue weighted by Gasteiger charge is 2.08. The van der Waals surface area contributed by atoms with Crippen molar-refractivity contribution < 1.29 is 18.9 Å². The second kappa shape index (κ2) is 13.9. The summed E-state index contributed by atoms with van der Waals surface area (Å²) < 4.78 is 21.6.